The summed E-state index contributed by atoms with van der Waals surface area (Å²) in [7, 11) is 0. The Hall–Kier alpha value is -0.340. The third-order valence-corrected chi connectivity index (χ3v) is 2.02. The first-order valence-corrected chi connectivity index (χ1v) is 5.13. The molecule has 2 N–H and O–H groups in total. The van der Waals surface area contributed by atoms with Crippen LogP contribution < -0.4 is 5.73 Å². The highest BCUT2D eigenvalue weighted by atomic mass is 16.5. The molecule has 2 heteroatoms. The monoisotopic (exact) mass is 185 g/mol. The van der Waals surface area contributed by atoms with Crippen LogP contribution >= 0.6 is 0 Å². The van der Waals surface area contributed by atoms with Crippen LogP contribution in [0.5, 0.6) is 0 Å². The van der Waals surface area contributed by atoms with Crippen LogP contribution in [0.25, 0.3) is 0 Å². The van der Waals surface area contributed by atoms with Crippen LogP contribution in [0.1, 0.15) is 40.0 Å². The Morgan fingerprint density at radius 3 is 2.46 bits per heavy atom. The highest BCUT2D eigenvalue weighted by Gasteiger charge is 2.16. The topological polar surface area (TPSA) is 35.2 Å². The maximum absolute atomic E-state index is 6.01. The average Bonchev–Trinajstić information content (AvgIpc) is 2.02. The lowest BCUT2D eigenvalue weighted by Crippen LogP contribution is -2.36. The summed E-state index contributed by atoms with van der Waals surface area (Å²) in [6.45, 7) is 10.8. The summed E-state index contributed by atoms with van der Waals surface area (Å²) < 4.78 is 5.58. The normalized spacial score (nSPS) is 15.4. The molecule has 0 heterocycles. The van der Waals surface area contributed by atoms with Crippen LogP contribution in [0.3, 0.4) is 0 Å². The summed E-state index contributed by atoms with van der Waals surface area (Å²) in [4.78, 5) is 0. The van der Waals surface area contributed by atoms with Crippen molar-refractivity contribution in [1.29, 1.82) is 0 Å². The third kappa shape index (κ3) is 5.83. The fraction of sp³-hybridized carbons (Fsp3) is 0.818. The molecular formula is C11H23NO. The third-order valence-electron chi connectivity index (χ3n) is 2.02. The number of ether oxygens (including phenoxy) is 1. The van der Waals surface area contributed by atoms with E-state index in [0.717, 1.165) is 31.4 Å². The summed E-state index contributed by atoms with van der Waals surface area (Å²) in [6, 6.07) is 0.109. The summed E-state index contributed by atoms with van der Waals surface area (Å²) in [5, 5.41) is 0. The summed E-state index contributed by atoms with van der Waals surface area (Å²) >= 11 is 0. The Labute approximate surface area is 82.2 Å². The Balaban J connectivity index is 3.93. The van der Waals surface area contributed by atoms with Gasteiger partial charge in [0.1, 0.15) is 0 Å². The molecule has 0 amide bonds. The molecule has 0 aliphatic heterocycles. The lowest BCUT2D eigenvalue weighted by Gasteiger charge is -2.23. The van der Waals surface area contributed by atoms with Gasteiger partial charge in [0, 0.05) is 12.6 Å². The minimum atomic E-state index is 0.109. The largest absolute Gasteiger partial charge is 0.377 e. The van der Waals surface area contributed by atoms with E-state index < -0.39 is 0 Å². The summed E-state index contributed by atoms with van der Waals surface area (Å²) in [5.41, 5.74) is 7.14. The van der Waals surface area contributed by atoms with Gasteiger partial charge in [0.15, 0.2) is 0 Å². The molecule has 2 nitrogen and oxygen atoms in total. The molecule has 0 bridgehead atoms. The number of rotatable bonds is 7. The van der Waals surface area contributed by atoms with Crippen molar-refractivity contribution in [1.82, 2.24) is 0 Å². The molecule has 0 saturated carbocycles. The second-order valence-corrected chi connectivity index (χ2v) is 3.61. The standard InChI is InChI=1S/C11H23NO/c1-5-7-11(13-6-2)10(12)8-9(3)4/h10-11H,3,5-8,12H2,1-2,4H3. The van der Waals surface area contributed by atoms with E-state index >= 15 is 0 Å². The zero-order valence-electron chi connectivity index (χ0n) is 9.18. The molecule has 0 aromatic rings. The Morgan fingerprint density at radius 2 is 2.08 bits per heavy atom. The average molecular weight is 185 g/mol. The molecule has 0 aromatic carbocycles. The molecular weight excluding hydrogens is 162 g/mol. The van der Waals surface area contributed by atoms with Gasteiger partial charge in [-0.25, -0.2) is 0 Å². The molecule has 78 valence electrons. The zero-order chi connectivity index (χ0) is 10.3. The SMILES string of the molecule is C=C(C)CC(N)C(CCC)OCC. The minimum absolute atomic E-state index is 0.109. The molecule has 13 heavy (non-hydrogen) atoms. The fourth-order valence-electron chi connectivity index (χ4n) is 1.45. The highest BCUT2D eigenvalue weighted by molar-refractivity contribution is 4.94. The van der Waals surface area contributed by atoms with Gasteiger partial charge < -0.3 is 10.5 Å². The van der Waals surface area contributed by atoms with Crippen molar-refractivity contribution in [3.05, 3.63) is 12.2 Å². The molecule has 0 saturated heterocycles. The maximum atomic E-state index is 6.01. The van der Waals surface area contributed by atoms with Gasteiger partial charge in [0.2, 0.25) is 0 Å². The Kier molecular flexibility index (Phi) is 6.92. The van der Waals surface area contributed by atoms with E-state index in [1.165, 1.54) is 0 Å². The molecule has 2 unspecified atom stereocenters. The van der Waals surface area contributed by atoms with Gasteiger partial charge in [0.25, 0.3) is 0 Å². The summed E-state index contributed by atoms with van der Waals surface area (Å²) in [6.07, 6.45) is 3.23. The molecule has 0 rings (SSSR count). The van der Waals surface area contributed by atoms with Crippen LogP contribution in [0, 0.1) is 0 Å². The quantitative estimate of drug-likeness (QED) is 0.618. The van der Waals surface area contributed by atoms with E-state index in [1.807, 2.05) is 13.8 Å². The molecule has 2 atom stereocenters. The number of hydrogen-bond acceptors (Lipinski definition) is 2. The summed E-state index contributed by atoms with van der Waals surface area (Å²) in [5.74, 6) is 0. The van der Waals surface area contributed by atoms with Crippen molar-refractivity contribution in [3.8, 4) is 0 Å². The van der Waals surface area contributed by atoms with Crippen LogP contribution in [0.2, 0.25) is 0 Å². The van der Waals surface area contributed by atoms with Crippen molar-refractivity contribution in [2.45, 2.75) is 52.2 Å². The van der Waals surface area contributed by atoms with Crippen molar-refractivity contribution >= 4 is 0 Å². The zero-order valence-corrected chi connectivity index (χ0v) is 9.18. The van der Waals surface area contributed by atoms with E-state index in [2.05, 4.69) is 13.5 Å². The first-order valence-electron chi connectivity index (χ1n) is 5.13. The molecule has 0 spiro atoms. The van der Waals surface area contributed by atoms with Crippen LogP contribution in [-0.4, -0.2) is 18.8 Å². The maximum Gasteiger partial charge on any atom is 0.0728 e. The molecule has 0 aliphatic carbocycles. The molecule has 0 fully saturated rings. The van der Waals surface area contributed by atoms with Gasteiger partial charge in [-0.2, -0.15) is 0 Å². The second kappa shape index (κ2) is 7.10. The lowest BCUT2D eigenvalue weighted by atomic mass is 10.0. The van der Waals surface area contributed by atoms with Crippen LogP contribution in [-0.2, 0) is 4.74 Å². The van der Waals surface area contributed by atoms with Gasteiger partial charge in [-0.3, -0.25) is 0 Å². The Bertz CT molecular complexity index is 139. The van der Waals surface area contributed by atoms with Gasteiger partial charge >= 0.3 is 0 Å². The number of hydrogen-bond donors (Lipinski definition) is 1. The smallest absolute Gasteiger partial charge is 0.0728 e. The highest BCUT2D eigenvalue weighted by Crippen LogP contribution is 2.11. The molecule has 0 radical (unpaired) electrons. The van der Waals surface area contributed by atoms with E-state index in [1.54, 1.807) is 0 Å². The first kappa shape index (κ1) is 12.7. The van der Waals surface area contributed by atoms with E-state index in [0.29, 0.717) is 0 Å². The van der Waals surface area contributed by atoms with Crippen molar-refractivity contribution < 1.29 is 4.74 Å². The number of nitrogens with two attached hydrogens (primary N) is 1. The molecule has 0 aliphatic rings. The Morgan fingerprint density at radius 1 is 1.46 bits per heavy atom. The minimum Gasteiger partial charge on any atom is -0.377 e. The van der Waals surface area contributed by atoms with Crippen molar-refractivity contribution in [3.63, 3.8) is 0 Å². The van der Waals surface area contributed by atoms with Crippen LogP contribution in [0.4, 0.5) is 0 Å². The molecule has 0 aromatic heterocycles. The van der Waals surface area contributed by atoms with Gasteiger partial charge in [-0.1, -0.05) is 18.9 Å². The van der Waals surface area contributed by atoms with Gasteiger partial charge in [-0.15, -0.1) is 6.58 Å². The predicted molar refractivity (Wildman–Crippen MR) is 57.7 cm³/mol. The fourth-order valence-corrected chi connectivity index (χ4v) is 1.45. The predicted octanol–water partition coefficient (Wildman–Crippen LogP) is 2.49. The first-order chi connectivity index (χ1) is 6.11. The van der Waals surface area contributed by atoms with Gasteiger partial charge in [0.05, 0.1) is 6.10 Å². The lowest BCUT2D eigenvalue weighted by molar-refractivity contribution is 0.0379. The van der Waals surface area contributed by atoms with Crippen LogP contribution in [0.15, 0.2) is 12.2 Å². The van der Waals surface area contributed by atoms with E-state index in [9.17, 15) is 0 Å². The second-order valence-electron chi connectivity index (χ2n) is 3.61. The van der Waals surface area contributed by atoms with Crippen molar-refractivity contribution in [2.75, 3.05) is 6.61 Å². The van der Waals surface area contributed by atoms with Gasteiger partial charge in [-0.05, 0) is 26.7 Å². The van der Waals surface area contributed by atoms with E-state index in [-0.39, 0.29) is 12.1 Å². The van der Waals surface area contributed by atoms with E-state index in [4.69, 9.17) is 10.5 Å². The van der Waals surface area contributed by atoms with Crippen molar-refractivity contribution in [2.24, 2.45) is 5.73 Å².